The molecule has 0 fully saturated rings. The predicted octanol–water partition coefficient (Wildman–Crippen LogP) is 2.99. The molecule has 2 aromatic carbocycles. The largest absolute Gasteiger partial charge is 0.496 e. The monoisotopic (exact) mass is 265 g/mol. The van der Waals surface area contributed by atoms with E-state index in [1.54, 1.807) is 31.4 Å². The molecule has 2 aromatic rings. The van der Waals surface area contributed by atoms with Gasteiger partial charge in [0.25, 0.3) is 0 Å². The number of nitrogens with zero attached hydrogens (tertiary/aromatic N) is 2. The molecular formula is C16H13N2O2. The van der Waals surface area contributed by atoms with Gasteiger partial charge in [-0.15, -0.1) is 0 Å². The number of nitriles is 1. The van der Waals surface area contributed by atoms with Crippen molar-refractivity contribution in [1.29, 1.82) is 5.26 Å². The Bertz CT molecular complexity index is 645. The SMILES string of the molecule is COc1ccccc1CO/N=[C]\c1cccc(C#N)c1. The summed E-state index contributed by atoms with van der Waals surface area (Å²) in [6.07, 6.45) is 2.74. The molecule has 0 N–H and O–H groups in total. The molecule has 0 heterocycles. The average molecular weight is 265 g/mol. The van der Waals surface area contributed by atoms with Crippen LogP contribution in [0, 0.1) is 11.3 Å². The van der Waals surface area contributed by atoms with Crippen LogP contribution in [0.1, 0.15) is 16.7 Å². The van der Waals surface area contributed by atoms with Crippen molar-refractivity contribution in [3.63, 3.8) is 0 Å². The molecule has 0 unspecified atom stereocenters. The summed E-state index contributed by atoms with van der Waals surface area (Å²) in [5.74, 6) is 0.758. The van der Waals surface area contributed by atoms with E-state index in [4.69, 9.17) is 14.8 Å². The van der Waals surface area contributed by atoms with E-state index in [9.17, 15) is 0 Å². The zero-order valence-corrected chi connectivity index (χ0v) is 11.0. The first-order valence-electron chi connectivity index (χ1n) is 6.03. The van der Waals surface area contributed by atoms with Gasteiger partial charge in [-0.2, -0.15) is 5.26 Å². The van der Waals surface area contributed by atoms with Crippen LogP contribution >= 0.6 is 0 Å². The van der Waals surface area contributed by atoms with E-state index in [1.807, 2.05) is 24.3 Å². The van der Waals surface area contributed by atoms with Crippen LogP contribution in [-0.4, -0.2) is 13.3 Å². The van der Waals surface area contributed by atoms with Crippen molar-refractivity contribution in [2.45, 2.75) is 6.61 Å². The van der Waals surface area contributed by atoms with Crippen LogP contribution in [0.4, 0.5) is 0 Å². The molecule has 0 aliphatic rings. The van der Waals surface area contributed by atoms with Crippen LogP contribution in [0.2, 0.25) is 0 Å². The van der Waals surface area contributed by atoms with Crippen molar-refractivity contribution >= 4 is 6.21 Å². The van der Waals surface area contributed by atoms with Crippen molar-refractivity contribution in [3.8, 4) is 11.8 Å². The fourth-order valence-corrected chi connectivity index (χ4v) is 1.67. The molecule has 0 aliphatic carbocycles. The van der Waals surface area contributed by atoms with Crippen LogP contribution in [0.25, 0.3) is 0 Å². The van der Waals surface area contributed by atoms with Gasteiger partial charge in [-0.25, -0.2) is 0 Å². The van der Waals surface area contributed by atoms with Crippen LogP contribution in [-0.2, 0) is 11.4 Å². The summed E-state index contributed by atoms with van der Waals surface area (Å²) in [6.45, 7) is 0.301. The summed E-state index contributed by atoms with van der Waals surface area (Å²) in [4.78, 5) is 5.19. The lowest BCUT2D eigenvalue weighted by Gasteiger charge is -2.06. The number of benzene rings is 2. The van der Waals surface area contributed by atoms with Gasteiger partial charge in [0.2, 0.25) is 0 Å². The van der Waals surface area contributed by atoms with Gasteiger partial charge in [0.05, 0.1) is 18.7 Å². The highest BCUT2D eigenvalue weighted by Crippen LogP contribution is 2.17. The topological polar surface area (TPSA) is 54.6 Å². The maximum Gasteiger partial charge on any atom is 0.145 e. The van der Waals surface area contributed by atoms with Crippen molar-refractivity contribution < 1.29 is 9.57 Å². The highest BCUT2D eigenvalue weighted by molar-refractivity contribution is 5.79. The third kappa shape index (κ3) is 3.59. The van der Waals surface area contributed by atoms with Gasteiger partial charge < -0.3 is 9.57 Å². The third-order valence-corrected chi connectivity index (χ3v) is 2.64. The number of hydrogen-bond acceptors (Lipinski definition) is 4. The Morgan fingerprint density at radius 3 is 2.70 bits per heavy atom. The highest BCUT2D eigenvalue weighted by atomic mass is 16.6. The summed E-state index contributed by atoms with van der Waals surface area (Å²) in [5.41, 5.74) is 2.17. The summed E-state index contributed by atoms with van der Waals surface area (Å²) in [6, 6.07) is 16.6. The van der Waals surface area contributed by atoms with Gasteiger partial charge in [0.15, 0.2) is 0 Å². The van der Waals surface area contributed by atoms with E-state index in [0.717, 1.165) is 11.3 Å². The standard InChI is InChI=1S/C16H13N2O2/c1-19-16-8-3-2-7-15(16)12-20-18-11-14-6-4-5-13(9-14)10-17/h2-9H,12H2,1H3. The Morgan fingerprint density at radius 2 is 1.90 bits per heavy atom. The summed E-state index contributed by atoms with van der Waals surface area (Å²) >= 11 is 0. The van der Waals surface area contributed by atoms with Gasteiger partial charge in [-0.3, -0.25) is 0 Å². The second kappa shape index (κ2) is 6.95. The number of para-hydroxylation sites is 1. The molecule has 0 saturated carbocycles. The molecule has 0 spiro atoms. The minimum absolute atomic E-state index is 0.301. The number of ether oxygens (including phenoxy) is 1. The van der Waals surface area contributed by atoms with Crippen molar-refractivity contribution in [2.24, 2.45) is 5.16 Å². The molecule has 0 saturated heterocycles. The van der Waals surface area contributed by atoms with Gasteiger partial charge in [-0.1, -0.05) is 35.5 Å². The molecule has 99 valence electrons. The Balaban J connectivity index is 1.95. The molecular weight excluding hydrogens is 252 g/mol. The fourth-order valence-electron chi connectivity index (χ4n) is 1.67. The zero-order chi connectivity index (χ0) is 14.2. The smallest absolute Gasteiger partial charge is 0.145 e. The maximum atomic E-state index is 8.79. The quantitative estimate of drug-likeness (QED) is 0.617. The first-order valence-corrected chi connectivity index (χ1v) is 6.03. The molecule has 20 heavy (non-hydrogen) atoms. The Labute approximate surface area is 117 Å². The van der Waals surface area contributed by atoms with Crippen LogP contribution in [0.5, 0.6) is 5.75 Å². The van der Waals surface area contributed by atoms with Crippen LogP contribution in [0.15, 0.2) is 53.7 Å². The highest BCUT2D eigenvalue weighted by Gasteiger charge is 2.01. The molecule has 0 bridgehead atoms. The first kappa shape index (κ1) is 13.6. The Morgan fingerprint density at radius 1 is 1.10 bits per heavy atom. The molecule has 0 atom stereocenters. The van der Waals surface area contributed by atoms with Gasteiger partial charge in [0, 0.05) is 11.1 Å². The van der Waals surface area contributed by atoms with Crippen LogP contribution < -0.4 is 4.74 Å². The van der Waals surface area contributed by atoms with Crippen LogP contribution in [0.3, 0.4) is 0 Å². The molecule has 4 nitrogen and oxygen atoms in total. The summed E-state index contributed by atoms with van der Waals surface area (Å²) in [7, 11) is 1.61. The van der Waals surface area contributed by atoms with Gasteiger partial charge in [0.1, 0.15) is 18.6 Å². The van der Waals surface area contributed by atoms with E-state index in [2.05, 4.69) is 17.4 Å². The Hall–Kier alpha value is -2.80. The molecule has 4 heteroatoms. The molecule has 1 radical (unpaired) electrons. The summed E-state index contributed by atoms with van der Waals surface area (Å²) < 4.78 is 5.21. The zero-order valence-electron chi connectivity index (χ0n) is 11.0. The fraction of sp³-hybridized carbons (Fsp3) is 0.125. The second-order valence-electron chi connectivity index (χ2n) is 3.98. The van der Waals surface area contributed by atoms with E-state index >= 15 is 0 Å². The molecule has 0 amide bonds. The van der Waals surface area contributed by atoms with Crippen molar-refractivity contribution in [2.75, 3.05) is 7.11 Å². The Kier molecular flexibility index (Phi) is 4.74. The van der Waals surface area contributed by atoms with Crippen molar-refractivity contribution in [3.05, 3.63) is 65.2 Å². The number of methoxy groups -OCH3 is 1. The lowest BCUT2D eigenvalue weighted by Crippen LogP contribution is -1.93. The molecule has 0 aromatic heterocycles. The van der Waals surface area contributed by atoms with E-state index in [1.165, 1.54) is 0 Å². The van der Waals surface area contributed by atoms with Gasteiger partial charge in [-0.05, 0) is 18.2 Å². The lowest BCUT2D eigenvalue weighted by atomic mass is 10.1. The van der Waals surface area contributed by atoms with E-state index < -0.39 is 0 Å². The van der Waals surface area contributed by atoms with Gasteiger partial charge >= 0.3 is 0 Å². The predicted molar refractivity (Wildman–Crippen MR) is 75.5 cm³/mol. The number of hydrogen-bond donors (Lipinski definition) is 0. The maximum absolute atomic E-state index is 8.79. The van der Waals surface area contributed by atoms with E-state index in [-0.39, 0.29) is 0 Å². The summed E-state index contributed by atoms with van der Waals surface area (Å²) in [5, 5.41) is 12.6. The normalized spacial score (nSPS) is 10.2. The second-order valence-corrected chi connectivity index (χ2v) is 3.98. The van der Waals surface area contributed by atoms with Crippen molar-refractivity contribution in [1.82, 2.24) is 0 Å². The third-order valence-electron chi connectivity index (χ3n) is 2.64. The lowest BCUT2D eigenvalue weighted by molar-refractivity contribution is 0.130. The average Bonchev–Trinajstić information content (AvgIpc) is 2.52. The molecule has 0 aliphatic heterocycles. The first-order chi connectivity index (χ1) is 9.83. The van der Waals surface area contributed by atoms with E-state index in [0.29, 0.717) is 17.7 Å². The minimum Gasteiger partial charge on any atom is -0.496 e. The number of rotatable bonds is 5. The molecule has 2 rings (SSSR count). The minimum atomic E-state index is 0.301.